The number of hydrogen-bond donors (Lipinski definition) is 1. The Kier molecular flexibility index (Phi) is 4.70. The first-order valence-electron chi connectivity index (χ1n) is 8.14. The molecule has 0 unspecified atom stereocenters. The lowest BCUT2D eigenvalue weighted by atomic mass is 9.97. The maximum absolute atomic E-state index is 4.74. The van der Waals surface area contributed by atoms with Gasteiger partial charge in [0.05, 0.1) is 11.9 Å². The lowest BCUT2D eigenvalue weighted by Gasteiger charge is -2.32. The van der Waals surface area contributed by atoms with E-state index in [1.54, 1.807) is 0 Å². The van der Waals surface area contributed by atoms with E-state index in [4.69, 9.17) is 4.98 Å². The van der Waals surface area contributed by atoms with E-state index in [2.05, 4.69) is 34.2 Å². The van der Waals surface area contributed by atoms with E-state index in [0.717, 1.165) is 30.5 Å². The summed E-state index contributed by atoms with van der Waals surface area (Å²) < 4.78 is 0. The number of nitrogens with zero attached hydrogens (tertiary/aromatic N) is 4. The van der Waals surface area contributed by atoms with Gasteiger partial charge < -0.3 is 15.1 Å². The van der Waals surface area contributed by atoms with Crippen molar-refractivity contribution in [3.05, 3.63) is 18.1 Å². The molecular formula is C16H27N5. The van der Waals surface area contributed by atoms with Crippen LogP contribution >= 0.6 is 0 Å². The van der Waals surface area contributed by atoms with E-state index in [0.29, 0.717) is 6.04 Å². The maximum Gasteiger partial charge on any atom is 0.147 e. The Hall–Kier alpha value is -1.20. The molecule has 0 radical (unpaired) electrons. The highest BCUT2D eigenvalue weighted by molar-refractivity contribution is 5.35. The fraction of sp³-hybridized carbons (Fsp3) is 0.750. The molecule has 116 valence electrons. The number of rotatable bonds is 6. The summed E-state index contributed by atoms with van der Waals surface area (Å²) in [5.74, 6) is 1.78. The van der Waals surface area contributed by atoms with E-state index in [1.165, 1.54) is 38.8 Å². The maximum atomic E-state index is 4.74. The minimum absolute atomic E-state index is 0.715. The van der Waals surface area contributed by atoms with Gasteiger partial charge in [-0.05, 0) is 51.7 Å². The van der Waals surface area contributed by atoms with Gasteiger partial charge in [-0.15, -0.1) is 0 Å². The van der Waals surface area contributed by atoms with Crippen molar-refractivity contribution in [3.63, 3.8) is 0 Å². The molecule has 3 rings (SSSR count). The second-order valence-corrected chi connectivity index (χ2v) is 6.65. The Bertz CT molecular complexity index is 452. The van der Waals surface area contributed by atoms with Crippen LogP contribution < -0.4 is 10.2 Å². The molecule has 0 bridgehead atoms. The average Bonchev–Trinajstić information content (AvgIpc) is 3.32. The van der Waals surface area contributed by atoms with Crippen molar-refractivity contribution < 1.29 is 0 Å². The molecule has 1 aliphatic heterocycles. The first-order valence-corrected chi connectivity index (χ1v) is 8.14. The fourth-order valence-corrected chi connectivity index (χ4v) is 2.93. The van der Waals surface area contributed by atoms with Crippen LogP contribution in [0.3, 0.4) is 0 Å². The number of piperidine rings is 1. The third-order valence-corrected chi connectivity index (χ3v) is 4.58. The predicted octanol–water partition coefficient (Wildman–Crippen LogP) is 1.51. The largest absolute Gasteiger partial charge is 0.358 e. The van der Waals surface area contributed by atoms with Gasteiger partial charge in [-0.1, -0.05) is 0 Å². The number of anilines is 1. The van der Waals surface area contributed by atoms with Gasteiger partial charge in [0.15, 0.2) is 0 Å². The Morgan fingerprint density at radius 3 is 2.71 bits per heavy atom. The molecule has 1 saturated carbocycles. The Labute approximate surface area is 127 Å². The molecule has 1 saturated heterocycles. The topological polar surface area (TPSA) is 44.3 Å². The second kappa shape index (κ2) is 6.71. The molecule has 0 spiro atoms. The van der Waals surface area contributed by atoms with Crippen LogP contribution in [0.2, 0.25) is 0 Å². The molecule has 21 heavy (non-hydrogen) atoms. The summed E-state index contributed by atoms with van der Waals surface area (Å²) in [5, 5.41) is 3.50. The van der Waals surface area contributed by atoms with Gasteiger partial charge in [0, 0.05) is 32.4 Å². The quantitative estimate of drug-likeness (QED) is 0.860. The zero-order valence-electron chi connectivity index (χ0n) is 13.3. The van der Waals surface area contributed by atoms with Gasteiger partial charge in [-0.3, -0.25) is 4.98 Å². The first-order chi connectivity index (χ1) is 10.2. The third-order valence-electron chi connectivity index (χ3n) is 4.58. The van der Waals surface area contributed by atoms with E-state index in [1.807, 2.05) is 12.4 Å². The van der Waals surface area contributed by atoms with Crippen LogP contribution in [0.4, 0.5) is 5.82 Å². The highest BCUT2D eigenvalue weighted by Gasteiger charge is 2.21. The number of likely N-dealkylation sites (tertiary alicyclic amines) is 1. The molecule has 5 heteroatoms. The minimum Gasteiger partial charge on any atom is -0.358 e. The van der Waals surface area contributed by atoms with Gasteiger partial charge in [0.1, 0.15) is 5.82 Å². The van der Waals surface area contributed by atoms with Crippen molar-refractivity contribution in [1.82, 2.24) is 20.2 Å². The summed E-state index contributed by atoms with van der Waals surface area (Å²) in [5.41, 5.74) is 1.05. The molecule has 2 heterocycles. The van der Waals surface area contributed by atoms with Crippen LogP contribution in [-0.4, -0.2) is 54.6 Å². The number of hydrogen-bond acceptors (Lipinski definition) is 5. The van der Waals surface area contributed by atoms with Crippen molar-refractivity contribution in [1.29, 1.82) is 0 Å². The lowest BCUT2D eigenvalue weighted by Crippen LogP contribution is -2.36. The van der Waals surface area contributed by atoms with E-state index in [9.17, 15) is 0 Å². The number of aromatic nitrogens is 2. The predicted molar refractivity (Wildman–Crippen MR) is 85.4 cm³/mol. The third kappa shape index (κ3) is 4.38. The van der Waals surface area contributed by atoms with Gasteiger partial charge in [-0.2, -0.15) is 0 Å². The first kappa shape index (κ1) is 14.7. The fourth-order valence-electron chi connectivity index (χ4n) is 2.93. The molecule has 0 aromatic carbocycles. The summed E-state index contributed by atoms with van der Waals surface area (Å²) >= 11 is 0. The molecule has 0 atom stereocenters. The van der Waals surface area contributed by atoms with Crippen LogP contribution in [-0.2, 0) is 6.54 Å². The lowest BCUT2D eigenvalue weighted by molar-refractivity contribution is 0.222. The summed E-state index contributed by atoms with van der Waals surface area (Å²) in [4.78, 5) is 13.8. The van der Waals surface area contributed by atoms with E-state index in [-0.39, 0.29) is 0 Å². The van der Waals surface area contributed by atoms with Crippen LogP contribution in [0.15, 0.2) is 12.4 Å². The van der Waals surface area contributed by atoms with Crippen LogP contribution in [0, 0.1) is 5.92 Å². The smallest absolute Gasteiger partial charge is 0.147 e. The molecule has 0 amide bonds. The Balaban J connectivity index is 1.53. The molecule has 1 aromatic rings. The second-order valence-electron chi connectivity index (χ2n) is 6.65. The summed E-state index contributed by atoms with van der Waals surface area (Å²) in [7, 11) is 4.35. The zero-order valence-corrected chi connectivity index (χ0v) is 13.3. The molecular weight excluding hydrogens is 262 g/mol. The SMILES string of the molecule is CN1CCC(CN(C)c2cncc(CNC3CC3)n2)CC1. The summed E-state index contributed by atoms with van der Waals surface area (Å²) in [6.07, 6.45) is 8.96. The standard InChI is InChI=1S/C16H27N5/c1-20-7-5-13(6-8-20)12-21(2)16-11-17-9-15(19-16)10-18-14-3-4-14/h9,11,13-14,18H,3-8,10,12H2,1-2H3. The molecule has 5 nitrogen and oxygen atoms in total. The van der Waals surface area contributed by atoms with Crippen molar-refractivity contribution in [3.8, 4) is 0 Å². The molecule has 1 aliphatic carbocycles. The summed E-state index contributed by atoms with van der Waals surface area (Å²) in [6.45, 7) is 4.36. The van der Waals surface area contributed by atoms with Crippen LogP contribution in [0.1, 0.15) is 31.4 Å². The Morgan fingerprint density at radius 1 is 1.24 bits per heavy atom. The normalized spacial score (nSPS) is 20.7. The molecule has 2 fully saturated rings. The van der Waals surface area contributed by atoms with E-state index >= 15 is 0 Å². The van der Waals surface area contributed by atoms with E-state index < -0.39 is 0 Å². The highest BCUT2D eigenvalue weighted by atomic mass is 15.2. The molecule has 2 aliphatic rings. The van der Waals surface area contributed by atoms with Crippen LogP contribution in [0.5, 0.6) is 0 Å². The van der Waals surface area contributed by atoms with Crippen molar-refractivity contribution in [2.75, 3.05) is 38.6 Å². The minimum atomic E-state index is 0.715. The average molecular weight is 289 g/mol. The molecule has 1 aromatic heterocycles. The van der Waals surface area contributed by atoms with Crippen LogP contribution in [0.25, 0.3) is 0 Å². The highest BCUT2D eigenvalue weighted by Crippen LogP contribution is 2.20. The van der Waals surface area contributed by atoms with Crippen molar-refractivity contribution in [2.45, 2.75) is 38.3 Å². The van der Waals surface area contributed by atoms with Gasteiger partial charge >= 0.3 is 0 Å². The zero-order chi connectivity index (χ0) is 14.7. The number of nitrogens with one attached hydrogen (secondary N) is 1. The monoisotopic (exact) mass is 289 g/mol. The van der Waals surface area contributed by atoms with Gasteiger partial charge in [0.2, 0.25) is 0 Å². The summed E-state index contributed by atoms with van der Waals surface area (Å²) in [6, 6.07) is 0.715. The molecule has 1 N–H and O–H groups in total. The van der Waals surface area contributed by atoms with Gasteiger partial charge in [0.25, 0.3) is 0 Å². The van der Waals surface area contributed by atoms with Crippen molar-refractivity contribution in [2.24, 2.45) is 5.92 Å². The van der Waals surface area contributed by atoms with Gasteiger partial charge in [-0.25, -0.2) is 4.98 Å². The van der Waals surface area contributed by atoms with Crippen molar-refractivity contribution >= 4 is 5.82 Å². The Morgan fingerprint density at radius 2 is 2.00 bits per heavy atom.